The van der Waals surface area contributed by atoms with E-state index in [1.165, 1.54) is 6.92 Å². The third-order valence-corrected chi connectivity index (χ3v) is 3.13. The zero-order valence-electron chi connectivity index (χ0n) is 13.4. The molecule has 2 N–H and O–H groups in total. The number of amides is 2. The molecule has 6 nitrogen and oxygen atoms in total. The number of carbonyl (C=O) groups excluding carboxylic acids is 3. The molecule has 1 unspecified atom stereocenters. The lowest BCUT2D eigenvalue weighted by Crippen LogP contribution is -2.40. The minimum absolute atomic E-state index is 0.183. The number of hydrogen-bond donors (Lipinski definition) is 2. The smallest absolute Gasteiger partial charge is 0.333 e. The SMILES string of the molecule is CC(=O)Nc1ccc(OC(=O)C(C)NC(=O)c2ccccc2)cc1. The first-order valence-electron chi connectivity index (χ1n) is 7.41. The summed E-state index contributed by atoms with van der Waals surface area (Å²) in [5, 5.41) is 5.20. The van der Waals surface area contributed by atoms with Crippen molar-refractivity contribution in [2.75, 3.05) is 5.32 Å². The van der Waals surface area contributed by atoms with Crippen molar-refractivity contribution in [3.05, 3.63) is 60.2 Å². The molecular formula is C18H18N2O4. The molecule has 0 aliphatic carbocycles. The summed E-state index contributed by atoms with van der Waals surface area (Å²) in [4.78, 5) is 35.0. The highest BCUT2D eigenvalue weighted by atomic mass is 16.5. The van der Waals surface area contributed by atoms with Crippen molar-refractivity contribution in [1.29, 1.82) is 0 Å². The number of esters is 1. The fourth-order valence-electron chi connectivity index (χ4n) is 1.94. The molecule has 0 aliphatic heterocycles. The van der Waals surface area contributed by atoms with Crippen molar-refractivity contribution in [3.8, 4) is 5.75 Å². The van der Waals surface area contributed by atoms with Crippen LogP contribution < -0.4 is 15.4 Å². The Bertz CT molecular complexity index is 726. The molecule has 0 bridgehead atoms. The number of benzene rings is 2. The second kappa shape index (κ2) is 7.92. The monoisotopic (exact) mass is 326 g/mol. The van der Waals surface area contributed by atoms with Crippen LogP contribution in [0.25, 0.3) is 0 Å². The van der Waals surface area contributed by atoms with Crippen molar-refractivity contribution < 1.29 is 19.1 Å². The van der Waals surface area contributed by atoms with E-state index in [1.807, 2.05) is 0 Å². The molecule has 0 fully saturated rings. The van der Waals surface area contributed by atoms with Gasteiger partial charge in [0.2, 0.25) is 5.91 Å². The Labute approximate surface area is 139 Å². The van der Waals surface area contributed by atoms with Gasteiger partial charge in [-0.3, -0.25) is 9.59 Å². The lowest BCUT2D eigenvalue weighted by Gasteiger charge is -2.13. The van der Waals surface area contributed by atoms with Gasteiger partial charge in [0.25, 0.3) is 5.91 Å². The molecule has 2 rings (SSSR count). The van der Waals surface area contributed by atoms with Gasteiger partial charge >= 0.3 is 5.97 Å². The minimum atomic E-state index is -0.798. The summed E-state index contributed by atoms with van der Waals surface area (Å²) in [6.07, 6.45) is 0. The molecule has 24 heavy (non-hydrogen) atoms. The zero-order chi connectivity index (χ0) is 17.5. The van der Waals surface area contributed by atoms with Crippen LogP contribution in [-0.4, -0.2) is 23.8 Å². The van der Waals surface area contributed by atoms with E-state index in [1.54, 1.807) is 61.5 Å². The van der Waals surface area contributed by atoms with Gasteiger partial charge in [-0.25, -0.2) is 4.79 Å². The Morgan fingerprint density at radius 3 is 2.17 bits per heavy atom. The predicted molar refractivity (Wildman–Crippen MR) is 89.8 cm³/mol. The lowest BCUT2D eigenvalue weighted by atomic mass is 10.2. The summed E-state index contributed by atoms with van der Waals surface area (Å²) in [5.41, 5.74) is 1.07. The summed E-state index contributed by atoms with van der Waals surface area (Å²) in [7, 11) is 0. The van der Waals surface area contributed by atoms with Crippen molar-refractivity contribution >= 4 is 23.5 Å². The second-order valence-electron chi connectivity index (χ2n) is 5.19. The average Bonchev–Trinajstić information content (AvgIpc) is 2.56. The number of ether oxygens (including phenoxy) is 1. The third-order valence-electron chi connectivity index (χ3n) is 3.13. The van der Waals surface area contributed by atoms with Gasteiger partial charge in [0.15, 0.2) is 0 Å². The van der Waals surface area contributed by atoms with Crippen LogP contribution in [0.1, 0.15) is 24.2 Å². The number of hydrogen-bond acceptors (Lipinski definition) is 4. The molecule has 124 valence electrons. The van der Waals surface area contributed by atoms with Crippen LogP contribution in [0.5, 0.6) is 5.75 Å². The van der Waals surface area contributed by atoms with Crippen LogP contribution in [0.4, 0.5) is 5.69 Å². The molecule has 2 aromatic rings. The van der Waals surface area contributed by atoms with E-state index in [0.717, 1.165) is 0 Å². The van der Waals surface area contributed by atoms with Crippen molar-refractivity contribution in [2.45, 2.75) is 19.9 Å². The maximum absolute atomic E-state index is 12.0. The number of anilines is 1. The maximum Gasteiger partial charge on any atom is 0.333 e. The van der Waals surface area contributed by atoms with E-state index in [9.17, 15) is 14.4 Å². The summed E-state index contributed by atoms with van der Waals surface area (Å²) >= 11 is 0. The molecule has 0 spiro atoms. The molecule has 0 heterocycles. The molecule has 2 aromatic carbocycles. The van der Waals surface area contributed by atoms with Gasteiger partial charge in [0.1, 0.15) is 11.8 Å². The molecular weight excluding hydrogens is 308 g/mol. The molecule has 0 saturated carbocycles. The van der Waals surface area contributed by atoms with Crippen molar-refractivity contribution in [1.82, 2.24) is 5.32 Å². The Morgan fingerprint density at radius 1 is 0.958 bits per heavy atom. The van der Waals surface area contributed by atoms with Crippen LogP contribution in [-0.2, 0) is 9.59 Å². The molecule has 6 heteroatoms. The Balaban J connectivity index is 1.91. The van der Waals surface area contributed by atoms with Crippen molar-refractivity contribution in [2.24, 2.45) is 0 Å². The molecule has 0 aliphatic rings. The number of rotatable bonds is 5. The predicted octanol–water partition coefficient (Wildman–Crippen LogP) is 2.37. The largest absolute Gasteiger partial charge is 0.425 e. The van der Waals surface area contributed by atoms with Crippen LogP contribution in [0.15, 0.2) is 54.6 Å². The fourth-order valence-corrected chi connectivity index (χ4v) is 1.94. The van der Waals surface area contributed by atoms with Gasteiger partial charge in [-0.1, -0.05) is 18.2 Å². The highest BCUT2D eigenvalue weighted by molar-refractivity contribution is 5.96. The van der Waals surface area contributed by atoms with E-state index in [2.05, 4.69) is 10.6 Å². The van der Waals surface area contributed by atoms with Crippen LogP contribution >= 0.6 is 0 Å². The lowest BCUT2D eigenvalue weighted by molar-refractivity contribution is -0.136. The van der Waals surface area contributed by atoms with E-state index in [0.29, 0.717) is 17.0 Å². The minimum Gasteiger partial charge on any atom is -0.425 e. The van der Waals surface area contributed by atoms with Crippen molar-refractivity contribution in [3.63, 3.8) is 0 Å². The molecule has 1 atom stereocenters. The summed E-state index contributed by atoms with van der Waals surface area (Å²) in [5.74, 6) is -0.778. The molecule has 0 saturated heterocycles. The maximum atomic E-state index is 12.0. The normalized spacial score (nSPS) is 11.2. The number of nitrogens with one attached hydrogen (secondary N) is 2. The van der Waals surface area contributed by atoms with E-state index < -0.39 is 12.0 Å². The molecule has 0 aromatic heterocycles. The summed E-state index contributed by atoms with van der Waals surface area (Å²) in [6.45, 7) is 2.96. The first-order valence-corrected chi connectivity index (χ1v) is 7.41. The highest BCUT2D eigenvalue weighted by Crippen LogP contribution is 2.16. The summed E-state index contributed by atoms with van der Waals surface area (Å²) < 4.78 is 5.21. The third kappa shape index (κ3) is 4.95. The van der Waals surface area contributed by atoms with E-state index >= 15 is 0 Å². The standard InChI is InChI=1S/C18H18N2O4/c1-12(19-17(22)14-6-4-3-5-7-14)18(23)24-16-10-8-15(9-11-16)20-13(2)21/h3-12H,1-2H3,(H,19,22)(H,20,21). The Morgan fingerprint density at radius 2 is 1.58 bits per heavy atom. The summed E-state index contributed by atoms with van der Waals surface area (Å²) in [6, 6.07) is 14.2. The Kier molecular flexibility index (Phi) is 5.68. The zero-order valence-corrected chi connectivity index (χ0v) is 13.4. The Hall–Kier alpha value is -3.15. The number of carbonyl (C=O) groups is 3. The second-order valence-corrected chi connectivity index (χ2v) is 5.19. The first kappa shape index (κ1) is 17.2. The van der Waals surface area contributed by atoms with Crippen LogP contribution in [0, 0.1) is 0 Å². The topological polar surface area (TPSA) is 84.5 Å². The van der Waals surface area contributed by atoms with Gasteiger partial charge < -0.3 is 15.4 Å². The van der Waals surface area contributed by atoms with Gasteiger partial charge in [-0.15, -0.1) is 0 Å². The van der Waals surface area contributed by atoms with Gasteiger partial charge in [-0.05, 0) is 43.3 Å². The van der Waals surface area contributed by atoms with E-state index in [4.69, 9.17) is 4.74 Å². The van der Waals surface area contributed by atoms with Crippen LogP contribution in [0.2, 0.25) is 0 Å². The average molecular weight is 326 g/mol. The molecule has 2 amide bonds. The fraction of sp³-hybridized carbons (Fsp3) is 0.167. The first-order chi connectivity index (χ1) is 11.5. The van der Waals surface area contributed by atoms with Gasteiger partial charge in [0.05, 0.1) is 0 Å². The van der Waals surface area contributed by atoms with Crippen LogP contribution in [0.3, 0.4) is 0 Å². The molecule has 0 radical (unpaired) electrons. The van der Waals surface area contributed by atoms with Gasteiger partial charge in [0, 0.05) is 18.2 Å². The van der Waals surface area contributed by atoms with Gasteiger partial charge in [-0.2, -0.15) is 0 Å². The van der Waals surface area contributed by atoms with E-state index in [-0.39, 0.29) is 11.8 Å². The highest BCUT2D eigenvalue weighted by Gasteiger charge is 2.18. The quantitative estimate of drug-likeness (QED) is 0.652.